The number of hydrogen-bond acceptors (Lipinski definition) is 3. The number of likely N-dealkylation sites (tertiary alicyclic amines) is 1. The lowest BCUT2D eigenvalue weighted by Crippen LogP contribution is -2.35. The van der Waals surface area contributed by atoms with Crippen molar-refractivity contribution in [2.24, 2.45) is 5.41 Å². The second-order valence-corrected chi connectivity index (χ2v) is 6.70. The van der Waals surface area contributed by atoms with Crippen LogP contribution in [-0.2, 0) is 0 Å². The first-order valence-electron chi connectivity index (χ1n) is 7.79. The van der Waals surface area contributed by atoms with Crippen LogP contribution in [0.15, 0.2) is 24.3 Å². The normalized spacial score (nSPS) is 30.0. The van der Waals surface area contributed by atoms with Crippen molar-refractivity contribution in [3.63, 3.8) is 0 Å². The van der Waals surface area contributed by atoms with Crippen molar-refractivity contribution in [2.75, 3.05) is 39.8 Å². The van der Waals surface area contributed by atoms with Gasteiger partial charge in [-0.25, -0.2) is 0 Å². The van der Waals surface area contributed by atoms with Crippen molar-refractivity contribution in [2.45, 2.75) is 25.7 Å². The van der Waals surface area contributed by atoms with E-state index in [2.05, 4.69) is 48.5 Å². The molecule has 0 aliphatic carbocycles. The zero-order valence-corrected chi connectivity index (χ0v) is 12.7. The minimum Gasteiger partial charge on any atom is -0.493 e. The number of benzene rings is 1. The van der Waals surface area contributed by atoms with E-state index in [1.807, 2.05) is 0 Å². The fourth-order valence-corrected chi connectivity index (χ4v) is 3.77. The Morgan fingerprint density at radius 1 is 1.40 bits per heavy atom. The van der Waals surface area contributed by atoms with Crippen LogP contribution in [0.5, 0.6) is 5.75 Å². The van der Waals surface area contributed by atoms with Crippen molar-refractivity contribution < 1.29 is 4.74 Å². The summed E-state index contributed by atoms with van der Waals surface area (Å²) in [5, 5.41) is 3.34. The predicted molar refractivity (Wildman–Crippen MR) is 82.4 cm³/mol. The largest absolute Gasteiger partial charge is 0.493 e. The molecule has 2 heterocycles. The van der Waals surface area contributed by atoms with E-state index < -0.39 is 0 Å². The molecule has 2 atom stereocenters. The molecule has 110 valence electrons. The highest BCUT2D eigenvalue weighted by Crippen LogP contribution is 2.36. The first kappa shape index (κ1) is 13.9. The molecule has 1 fully saturated rings. The molecule has 2 unspecified atom stereocenters. The first-order chi connectivity index (χ1) is 9.70. The van der Waals surface area contributed by atoms with Gasteiger partial charge >= 0.3 is 0 Å². The average Bonchev–Trinajstić information content (AvgIpc) is 2.81. The van der Waals surface area contributed by atoms with Gasteiger partial charge < -0.3 is 15.0 Å². The van der Waals surface area contributed by atoms with Crippen LogP contribution in [0.2, 0.25) is 0 Å². The maximum atomic E-state index is 5.77. The SMILES string of the molecule is CNCC1(C)CCN(CC2CCOc3ccccc32)C1. The molecule has 0 radical (unpaired) electrons. The summed E-state index contributed by atoms with van der Waals surface area (Å²) in [6, 6.07) is 8.55. The van der Waals surface area contributed by atoms with E-state index in [0.29, 0.717) is 11.3 Å². The lowest BCUT2D eigenvalue weighted by atomic mass is 9.89. The topological polar surface area (TPSA) is 24.5 Å². The average molecular weight is 274 g/mol. The number of nitrogens with zero attached hydrogens (tertiary/aromatic N) is 1. The third-order valence-corrected chi connectivity index (χ3v) is 4.80. The molecule has 1 aromatic rings. The van der Waals surface area contributed by atoms with Gasteiger partial charge in [0.15, 0.2) is 0 Å². The van der Waals surface area contributed by atoms with Crippen LogP contribution in [0.3, 0.4) is 0 Å². The van der Waals surface area contributed by atoms with Crippen LogP contribution in [0, 0.1) is 5.41 Å². The highest BCUT2D eigenvalue weighted by molar-refractivity contribution is 5.38. The number of hydrogen-bond donors (Lipinski definition) is 1. The van der Waals surface area contributed by atoms with Crippen molar-refractivity contribution >= 4 is 0 Å². The number of para-hydroxylation sites is 1. The molecule has 2 aliphatic rings. The zero-order valence-electron chi connectivity index (χ0n) is 12.7. The minimum absolute atomic E-state index is 0.444. The summed E-state index contributed by atoms with van der Waals surface area (Å²) in [5.74, 6) is 1.73. The molecule has 1 saturated heterocycles. The molecule has 20 heavy (non-hydrogen) atoms. The van der Waals surface area contributed by atoms with Gasteiger partial charge in [-0.2, -0.15) is 0 Å². The molecule has 0 spiro atoms. The molecule has 3 heteroatoms. The van der Waals surface area contributed by atoms with Crippen LogP contribution in [-0.4, -0.2) is 44.7 Å². The molecular formula is C17H26N2O. The fourth-order valence-electron chi connectivity index (χ4n) is 3.77. The molecule has 0 aromatic heterocycles. The monoisotopic (exact) mass is 274 g/mol. The Hall–Kier alpha value is -1.06. The molecule has 2 aliphatic heterocycles. The van der Waals surface area contributed by atoms with Crippen LogP contribution in [0.25, 0.3) is 0 Å². The van der Waals surface area contributed by atoms with E-state index in [-0.39, 0.29) is 0 Å². The van der Waals surface area contributed by atoms with Crippen molar-refractivity contribution in [3.8, 4) is 5.75 Å². The van der Waals surface area contributed by atoms with Crippen molar-refractivity contribution in [3.05, 3.63) is 29.8 Å². The summed E-state index contributed by atoms with van der Waals surface area (Å²) < 4.78 is 5.77. The molecule has 1 N–H and O–H groups in total. The Bertz CT molecular complexity index is 462. The van der Waals surface area contributed by atoms with Crippen molar-refractivity contribution in [1.29, 1.82) is 0 Å². The summed E-state index contributed by atoms with van der Waals surface area (Å²) in [6.45, 7) is 8.02. The fraction of sp³-hybridized carbons (Fsp3) is 0.647. The van der Waals surface area contributed by atoms with Crippen molar-refractivity contribution in [1.82, 2.24) is 10.2 Å². The van der Waals surface area contributed by atoms with Crippen LogP contribution in [0.1, 0.15) is 31.2 Å². The van der Waals surface area contributed by atoms with Gasteiger partial charge in [0, 0.05) is 25.6 Å². The van der Waals surface area contributed by atoms with E-state index in [1.54, 1.807) is 0 Å². The second-order valence-electron chi connectivity index (χ2n) is 6.70. The maximum absolute atomic E-state index is 5.77. The summed E-state index contributed by atoms with van der Waals surface area (Å²) in [6.07, 6.45) is 2.45. The van der Waals surface area contributed by atoms with Gasteiger partial charge in [0.1, 0.15) is 5.75 Å². The summed E-state index contributed by atoms with van der Waals surface area (Å²) in [7, 11) is 2.06. The minimum atomic E-state index is 0.444. The van der Waals surface area contributed by atoms with E-state index >= 15 is 0 Å². The van der Waals surface area contributed by atoms with Crippen LogP contribution < -0.4 is 10.1 Å². The number of ether oxygens (including phenoxy) is 1. The number of nitrogens with one attached hydrogen (secondary N) is 1. The Morgan fingerprint density at radius 2 is 2.25 bits per heavy atom. The predicted octanol–water partition coefficient (Wildman–Crippen LogP) is 2.48. The lowest BCUT2D eigenvalue weighted by molar-refractivity contribution is 0.217. The summed E-state index contributed by atoms with van der Waals surface area (Å²) >= 11 is 0. The molecule has 0 amide bonds. The Labute approximate surface area is 122 Å². The standard InChI is InChI=1S/C17H26N2O/c1-17(12-18-2)8-9-19(13-17)11-14-7-10-20-16-6-4-3-5-15(14)16/h3-6,14,18H,7-13H2,1-2H3. The molecule has 0 saturated carbocycles. The van der Waals surface area contributed by atoms with Gasteiger partial charge in [-0.1, -0.05) is 25.1 Å². The van der Waals surface area contributed by atoms with Crippen LogP contribution >= 0.6 is 0 Å². The number of rotatable bonds is 4. The molecule has 3 nitrogen and oxygen atoms in total. The van der Waals surface area contributed by atoms with Gasteiger partial charge in [-0.15, -0.1) is 0 Å². The van der Waals surface area contributed by atoms with Gasteiger partial charge in [-0.3, -0.25) is 0 Å². The lowest BCUT2D eigenvalue weighted by Gasteiger charge is -2.30. The molecule has 0 bridgehead atoms. The molecule has 1 aromatic carbocycles. The highest BCUT2D eigenvalue weighted by Gasteiger charge is 2.34. The van der Waals surface area contributed by atoms with Gasteiger partial charge in [-0.05, 0) is 43.5 Å². The summed E-state index contributed by atoms with van der Waals surface area (Å²) in [5.41, 5.74) is 1.85. The van der Waals surface area contributed by atoms with Gasteiger partial charge in [0.2, 0.25) is 0 Å². The van der Waals surface area contributed by atoms with E-state index in [4.69, 9.17) is 4.74 Å². The third-order valence-electron chi connectivity index (χ3n) is 4.80. The third kappa shape index (κ3) is 2.84. The maximum Gasteiger partial charge on any atom is 0.122 e. The van der Waals surface area contributed by atoms with Gasteiger partial charge in [0.25, 0.3) is 0 Å². The Balaban J connectivity index is 1.65. The quantitative estimate of drug-likeness (QED) is 0.913. The van der Waals surface area contributed by atoms with E-state index in [1.165, 1.54) is 31.6 Å². The second kappa shape index (κ2) is 5.74. The molecule has 3 rings (SSSR count). The summed E-state index contributed by atoms with van der Waals surface area (Å²) in [4.78, 5) is 2.64. The van der Waals surface area contributed by atoms with E-state index in [9.17, 15) is 0 Å². The number of fused-ring (bicyclic) bond motifs is 1. The van der Waals surface area contributed by atoms with Crippen LogP contribution in [0.4, 0.5) is 0 Å². The van der Waals surface area contributed by atoms with Gasteiger partial charge in [0.05, 0.1) is 6.61 Å². The molecular weight excluding hydrogens is 248 g/mol. The first-order valence-corrected chi connectivity index (χ1v) is 7.79. The zero-order chi connectivity index (χ0) is 14.0. The Kier molecular flexibility index (Phi) is 3.99. The highest BCUT2D eigenvalue weighted by atomic mass is 16.5. The Morgan fingerprint density at radius 3 is 3.10 bits per heavy atom. The van der Waals surface area contributed by atoms with E-state index in [0.717, 1.165) is 25.3 Å². The smallest absolute Gasteiger partial charge is 0.122 e.